The zero-order chi connectivity index (χ0) is 36.2. The van der Waals surface area contributed by atoms with Crippen molar-refractivity contribution in [1.29, 1.82) is 0 Å². The predicted octanol–water partition coefficient (Wildman–Crippen LogP) is 8.56. The van der Waals surface area contributed by atoms with E-state index < -0.39 is 11.5 Å². The number of fused-ring (bicyclic) bond motifs is 2. The molecule has 264 valence electrons. The Labute approximate surface area is 307 Å². The fraction of sp³-hybridized carbons (Fsp3) is 0.211. The van der Waals surface area contributed by atoms with Gasteiger partial charge in [-0.05, 0) is 42.5 Å². The lowest BCUT2D eigenvalue weighted by atomic mass is 10.1. The molecular formula is C38H33Cl2NO9S. The zero-order valence-corrected chi connectivity index (χ0v) is 30.6. The first-order chi connectivity index (χ1) is 24.7. The second-order valence-electron chi connectivity index (χ2n) is 11.1. The Morgan fingerprint density at radius 1 is 0.824 bits per heavy atom. The summed E-state index contributed by atoms with van der Waals surface area (Å²) in [6.07, 6.45) is -1.01. The number of methoxy groups -OCH3 is 5. The molecule has 0 bridgehead atoms. The molecule has 51 heavy (non-hydrogen) atoms. The van der Waals surface area contributed by atoms with Crippen LogP contribution in [0, 0.1) is 0 Å². The van der Waals surface area contributed by atoms with Crippen LogP contribution in [0.4, 0.5) is 0 Å². The predicted molar refractivity (Wildman–Crippen MR) is 200 cm³/mol. The molecule has 0 aliphatic heterocycles. The van der Waals surface area contributed by atoms with Crippen LogP contribution < -0.4 is 33.8 Å². The van der Waals surface area contributed by atoms with Crippen LogP contribution in [0.1, 0.15) is 0 Å². The van der Waals surface area contributed by atoms with Gasteiger partial charge in [-0.2, -0.15) is 0 Å². The van der Waals surface area contributed by atoms with Crippen LogP contribution in [0.5, 0.6) is 34.5 Å². The van der Waals surface area contributed by atoms with Crippen molar-refractivity contribution in [2.75, 3.05) is 47.9 Å². The van der Waals surface area contributed by atoms with Gasteiger partial charge in [0, 0.05) is 44.3 Å². The minimum Gasteiger partial charge on any atom is -0.496 e. The zero-order valence-electron chi connectivity index (χ0n) is 28.2. The molecule has 10 nitrogen and oxygen atoms in total. The van der Waals surface area contributed by atoms with Gasteiger partial charge in [0.2, 0.25) is 16.9 Å². The molecule has 2 aromatic heterocycles. The van der Waals surface area contributed by atoms with Crippen LogP contribution in [-0.4, -0.2) is 64.1 Å². The summed E-state index contributed by atoms with van der Waals surface area (Å²) in [4.78, 5) is 19.9. The number of para-hydroxylation sites is 1. The average molecular weight is 751 g/mol. The minimum absolute atomic E-state index is 0.0755. The Bertz CT molecular complexity index is 2270. The maximum absolute atomic E-state index is 14.2. The highest BCUT2D eigenvalue weighted by atomic mass is 35.5. The molecule has 0 fully saturated rings. The van der Waals surface area contributed by atoms with Gasteiger partial charge in [-0.3, -0.25) is 4.79 Å². The van der Waals surface area contributed by atoms with E-state index in [-0.39, 0.29) is 40.6 Å². The topological polar surface area (TPSA) is 119 Å². The molecule has 6 rings (SSSR count). The third-order valence-electron chi connectivity index (χ3n) is 8.01. The number of aliphatic hydroxyl groups excluding tert-OH is 1. The lowest BCUT2D eigenvalue weighted by molar-refractivity contribution is 0.125. The maximum Gasteiger partial charge on any atom is 0.239 e. The Morgan fingerprint density at radius 2 is 1.55 bits per heavy atom. The number of hydrogen-bond acceptors (Lipinski definition) is 11. The number of ether oxygens (including phenoxy) is 6. The number of aromatic nitrogens is 1. The van der Waals surface area contributed by atoms with E-state index in [9.17, 15) is 9.90 Å². The number of nitrogens with zero attached hydrogens (tertiary/aromatic N) is 1. The molecule has 0 aliphatic carbocycles. The number of halogens is 2. The summed E-state index contributed by atoms with van der Waals surface area (Å²) in [6, 6.07) is 21.3. The SMILES string of the molecule is COc1cc(OC)c2c(=O)c(OCC(O)CSc3cc(-c4ccc(Cl)cc4Cl)nc4ccccc34)c(-c3cc(OC)c(OC)c(OC)c3)oc2c1. The number of hydrogen-bond donors (Lipinski definition) is 1. The van der Waals surface area contributed by atoms with Crippen LogP contribution in [-0.2, 0) is 0 Å². The van der Waals surface area contributed by atoms with Crippen molar-refractivity contribution in [1.82, 2.24) is 4.98 Å². The smallest absolute Gasteiger partial charge is 0.239 e. The molecular weight excluding hydrogens is 717 g/mol. The maximum atomic E-state index is 14.2. The van der Waals surface area contributed by atoms with Crippen LogP contribution >= 0.6 is 35.0 Å². The number of rotatable bonds is 13. The van der Waals surface area contributed by atoms with Crippen molar-refractivity contribution in [3.05, 3.63) is 93.1 Å². The largest absolute Gasteiger partial charge is 0.496 e. The van der Waals surface area contributed by atoms with Crippen molar-refractivity contribution in [2.45, 2.75) is 11.0 Å². The normalized spacial score (nSPS) is 11.8. The van der Waals surface area contributed by atoms with Gasteiger partial charge in [-0.15, -0.1) is 11.8 Å². The summed E-state index contributed by atoms with van der Waals surface area (Å²) >= 11 is 14.1. The van der Waals surface area contributed by atoms with Gasteiger partial charge < -0.3 is 37.9 Å². The third-order valence-corrected chi connectivity index (χ3v) is 9.76. The molecule has 0 amide bonds. The molecule has 2 heterocycles. The lowest BCUT2D eigenvalue weighted by Crippen LogP contribution is -2.23. The molecule has 6 aromatic rings. The standard InChI is InChI=1S/C38H33Cl2NO9S/c1-44-23-15-29(45-2)34-30(16-23)50-36(20-12-31(46-3)37(48-5)32(13-20)47-4)38(35(34)43)49-18-22(42)19-51-33-17-28(24-11-10-21(39)14-26(24)40)41-27-9-7-6-8-25(27)33/h6-17,22,42H,18-19H2,1-5H3. The van der Waals surface area contributed by atoms with E-state index in [4.69, 9.17) is 61.0 Å². The van der Waals surface area contributed by atoms with Crippen molar-refractivity contribution in [3.63, 3.8) is 0 Å². The molecule has 0 aliphatic rings. The van der Waals surface area contributed by atoms with Crippen molar-refractivity contribution in [3.8, 4) is 57.1 Å². The fourth-order valence-electron chi connectivity index (χ4n) is 5.57. The summed E-state index contributed by atoms with van der Waals surface area (Å²) in [7, 11) is 7.40. The summed E-state index contributed by atoms with van der Waals surface area (Å²) in [5.41, 5.74) is 2.25. The highest BCUT2D eigenvalue weighted by Crippen LogP contribution is 2.44. The molecule has 0 saturated heterocycles. The molecule has 1 unspecified atom stereocenters. The lowest BCUT2D eigenvalue weighted by Gasteiger charge is -2.18. The van der Waals surface area contributed by atoms with Gasteiger partial charge in [0.1, 0.15) is 29.1 Å². The molecule has 0 spiro atoms. The van der Waals surface area contributed by atoms with Gasteiger partial charge in [0.15, 0.2) is 17.3 Å². The number of thioether (sulfide) groups is 1. The highest BCUT2D eigenvalue weighted by Gasteiger charge is 2.25. The quantitative estimate of drug-likeness (QED) is 0.114. The summed E-state index contributed by atoms with van der Waals surface area (Å²) in [5.74, 6) is 1.84. The van der Waals surface area contributed by atoms with E-state index >= 15 is 0 Å². The molecule has 1 atom stereocenters. The molecule has 4 aromatic carbocycles. The van der Waals surface area contributed by atoms with E-state index in [0.29, 0.717) is 44.3 Å². The van der Waals surface area contributed by atoms with Crippen LogP contribution in [0.2, 0.25) is 10.0 Å². The Hall–Kier alpha value is -4.81. The molecule has 13 heteroatoms. The van der Waals surface area contributed by atoms with E-state index in [1.54, 1.807) is 36.4 Å². The molecule has 0 radical (unpaired) electrons. The number of benzene rings is 4. The summed E-state index contributed by atoms with van der Waals surface area (Å²) < 4.78 is 40.0. The summed E-state index contributed by atoms with van der Waals surface area (Å²) in [6.45, 7) is -0.238. The second-order valence-corrected chi connectivity index (χ2v) is 13.0. The Morgan fingerprint density at radius 3 is 2.22 bits per heavy atom. The monoisotopic (exact) mass is 749 g/mol. The Balaban J connectivity index is 1.35. The molecule has 0 saturated carbocycles. The van der Waals surface area contributed by atoms with Crippen LogP contribution in [0.3, 0.4) is 0 Å². The van der Waals surface area contributed by atoms with E-state index in [1.807, 2.05) is 36.4 Å². The van der Waals surface area contributed by atoms with Crippen LogP contribution in [0.15, 0.2) is 86.9 Å². The first kappa shape index (κ1) is 36.0. The van der Waals surface area contributed by atoms with Crippen LogP contribution in [0.25, 0.3) is 44.5 Å². The van der Waals surface area contributed by atoms with Gasteiger partial charge in [0.05, 0.1) is 57.9 Å². The van der Waals surface area contributed by atoms with E-state index in [0.717, 1.165) is 21.4 Å². The average Bonchev–Trinajstić information content (AvgIpc) is 3.15. The highest BCUT2D eigenvalue weighted by molar-refractivity contribution is 7.99. The second kappa shape index (κ2) is 15.6. The van der Waals surface area contributed by atoms with Crippen molar-refractivity contribution >= 4 is 56.8 Å². The molecule has 1 N–H and O–H groups in total. The van der Waals surface area contributed by atoms with Gasteiger partial charge >= 0.3 is 0 Å². The van der Waals surface area contributed by atoms with Crippen molar-refractivity contribution in [2.24, 2.45) is 0 Å². The van der Waals surface area contributed by atoms with Gasteiger partial charge in [-0.1, -0.05) is 41.4 Å². The van der Waals surface area contributed by atoms with Gasteiger partial charge in [-0.25, -0.2) is 4.98 Å². The first-order valence-corrected chi connectivity index (χ1v) is 17.3. The first-order valence-electron chi connectivity index (χ1n) is 15.5. The van der Waals surface area contributed by atoms with E-state index in [2.05, 4.69) is 0 Å². The fourth-order valence-corrected chi connectivity index (χ4v) is 7.06. The van der Waals surface area contributed by atoms with Crippen molar-refractivity contribution < 1.29 is 37.9 Å². The minimum atomic E-state index is -1.01. The Kier molecular flexibility index (Phi) is 11.0. The third kappa shape index (κ3) is 7.34. The van der Waals surface area contributed by atoms with Gasteiger partial charge in [0.25, 0.3) is 0 Å². The summed E-state index contributed by atoms with van der Waals surface area (Å²) in [5, 5.41) is 13.3. The number of pyridine rings is 1. The number of aliphatic hydroxyl groups is 1. The van der Waals surface area contributed by atoms with E-state index in [1.165, 1.54) is 47.3 Å².